The van der Waals surface area contributed by atoms with Gasteiger partial charge in [-0.15, -0.1) is 11.8 Å². The minimum Gasteiger partial charge on any atom is -0.508 e. The summed E-state index contributed by atoms with van der Waals surface area (Å²) in [6.07, 6.45) is -0.964. The number of nitrogens with one attached hydrogen (secondary N) is 2. The quantitative estimate of drug-likeness (QED) is 0.115. The summed E-state index contributed by atoms with van der Waals surface area (Å²) in [5.74, 6) is -3.20. The summed E-state index contributed by atoms with van der Waals surface area (Å²) in [7, 11) is 0. The molecule has 3 amide bonds. The van der Waals surface area contributed by atoms with E-state index in [0.717, 1.165) is 5.56 Å². The third kappa shape index (κ3) is 9.15. The predicted molar refractivity (Wildman–Crippen MR) is 181 cm³/mol. The molecule has 0 aromatic heterocycles. The first kappa shape index (κ1) is 35.8. The summed E-state index contributed by atoms with van der Waals surface area (Å²) < 4.78 is 32.5. The summed E-state index contributed by atoms with van der Waals surface area (Å²) in [5.41, 5.74) is 2.31. The maximum absolute atomic E-state index is 13.6. The zero-order valence-corrected chi connectivity index (χ0v) is 27.2. The van der Waals surface area contributed by atoms with Crippen molar-refractivity contribution in [2.75, 3.05) is 23.8 Å². The molecule has 0 aliphatic carbocycles. The fourth-order valence-corrected chi connectivity index (χ4v) is 6.57. The number of aliphatic carboxylic acids is 1. The Morgan fingerprint density at radius 2 is 1.48 bits per heavy atom. The standard InChI is InChI=1S/C36H33F2N3O8S/c37-24-7-3-22(4-8-24)30(43)20-50-34-33(41(35(34)46)26-11-9-25(38)10-12-26)23-5-15-28(16-6-23)49-19-32(45)39-18-31(44)40-29(36(47)48)17-21-1-13-27(42)14-2-21/h1-16,29-30,33-34,42-43H,17-20H2,(H,39,45)(H,40,44)(H,47,48)/t29-,30?,33?,34-/m1/s1. The minimum atomic E-state index is -1.26. The molecular formula is C36H33F2N3O8S. The first-order valence-electron chi connectivity index (χ1n) is 15.4. The number of thioether (sulfide) groups is 1. The number of nitrogens with zero attached hydrogens (tertiary/aromatic N) is 1. The Kier molecular flexibility index (Phi) is 11.7. The Bertz CT molecular complexity index is 1810. The number of carbonyl (C=O) groups is 4. The summed E-state index contributed by atoms with van der Waals surface area (Å²) in [6, 6.07) is 21.8. The third-order valence-electron chi connectivity index (χ3n) is 7.89. The zero-order chi connectivity index (χ0) is 35.8. The van der Waals surface area contributed by atoms with E-state index in [0.29, 0.717) is 22.6 Å². The average Bonchev–Trinajstić information content (AvgIpc) is 3.10. The zero-order valence-electron chi connectivity index (χ0n) is 26.4. The molecule has 14 heteroatoms. The van der Waals surface area contributed by atoms with Crippen LogP contribution < -0.4 is 20.3 Å². The van der Waals surface area contributed by atoms with Crippen LogP contribution in [0.25, 0.3) is 0 Å². The van der Waals surface area contributed by atoms with Crippen molar-refractivity contribution in [3.05, 3.63) is 125 Å². The van der Waals surface area contributed by atoms with E-state index < -0.39 is 66.0 Å². The Morgan fingerprint density at radius 3 is 2.10 bits per heavy atom. The molecule has 0 radical (unpaired) electrons. The number of amides is 3. The van der Waals surface area contributed by atoms with Crippen LogP contribution in [0.1, 0.15) is 28.8 Å². The summed E-state index contributed by atoms with van der Waals surface area (Å²) in [6.45, 7) is -0.920. The van der Waals surface area contributed by atoms with E-state index >= 15 is 0 Å². The van der Waals surface area contributed by atoms with Gasteiger partial charge in [-0.2, -0.15) is 0 Å². The molecule has 4 atom stereocenters. The lowest BCUT2D eigenvalue weighted by Crippen LogP contribution is -2.57. The molecular weight excluding hydrogens is 672 g/mol. The molecule has 1 aliphatic heterocycles. The molecule has 11 nitrogen and oxygen atoms in total. The maximum atomic E-state index is 13.6. The molecule has 260 valence electrons. The second-order valence-corrected chi connectivity index (χ2v) is 12.6. The SMILES string of the molecule is O=C(COc1ccc(C2[C@@H](SCC(O)c3ccc(F)cc3)C(=O)N2c2ccc(F)cc2)cc1)NCC(=O)N[C@H](Cc1ccc(O)cc1)C(=O)O. The van der Waals surface area contributed by atoms with Gasteiger partial charge in [0, 0.05) is 17.9 Å². The molecule has 4 aromatic carbocycles. The summed E-state index contributed by atoms with van der Waals surface area (Å²) in [5, 5.41) is 33.7. The number of anilines is 1. The Balaban J connectivity index is 1.15. The van der Waals surface area contributed by atoms with E-state index in [-0.39, 0.29) is 23.8 Å². The summed E-state index contributed by atoms with van der Waals surface area (Å²) >= 11 is 1.25. The molecule has 1 fully saturated rings. The number of rotatable bonds is 15. The molecule has 50 heavy (non-hydrogen) atoms. The van der Waals surface area contributed by atoms with E-state index in [1.54, 1.807) is 24.3 Å². The topological polar surface area (TPSA) is 165 Å². The Morgan fingerprint density at radius 1 is 0.860 bits per heavy atom. The third-order valence-corrected chi connectivity index (χ3v) is 9.21. The monoisotopic (exact) mass is 705 g/mol. The van der Waals surface area contributed by atoms with Crippen molar-refractivity contribution in [3.8, 4) is 11.5 Å². The van der Waals surface area contributed by atoms with Gasteiger partial charge < -0.3 is 35.6 Å². The van der Waals surface area contributed by atoms with Gasteiger partial charge in [0.25, 0.3) is 5.91 Å². The van der Waals surface area contributed by atoms with Crippen LogP contribution in [0.3, 0.4) is 0 Å². The van der Waals surface area contributed by atoms with Gasteiger partial charge in [0.2, 0.25) is 11.8 Å². The largest absolute Gasteiger partial charge is 0.508 e. The number of halogens is 2. The molecule has 0 bridgehead atoms. The normalized spacial score (nSPS) is 16.5. The molecule has 1 heterocycles. The fourth-order valence-electron chi connectivity index (χ4n) is 5.27. The second kappa shape index (κ2) is 16.3. The van der Waals surface area contributed by atoms with Gasteiger partial charge in [0.05, 0.1) is 18.7 Å². The molecule has 0 spiro atoms. The average molecular weight is 706 g/mol. The van der Waals surface area contributed by atoms with Crippen molar-refractivity contribution < 1.29 is 48.0 Å². The number of phenols is 1. The number of carboxylic acid groups (broad SMARTS) is 1. The molecule has 2 unspecified atom stereocenters. The van der Waals surface area contributed by atoms with Gasteiger partial charge >= 0.3 is 5.97 Å². The van der Waals surface area contributed by atoms with Gasteiger partial charge in [-0.05, 0) is 77.4 Å². The van der Waals surface area contributed by atoms with Crippen LogP contribution in [0.5, 0.6) is 11.5 Å². The van der Waals surface area contributed by atoms with Crippen LogP contribution in [0, 0.1) is 11.6 Å². The number of carbonyl (C=O) groups excluding carboxylic acids is 3. The molecule has 4 aromatic rings. The highest BCUT2D eigenvalue weighted by Crippen LogP contribution is 2.46. The maximum Gasteiger partial charge on any atom is 0.326 e. The molecule has 5 N–H and O–H groups in total. The second-order valence-electron chi connectivity index (χ2n) is 11.4. The van der Waals surface area contributed by atoms with E-state index in [1.165, 1.54) is 89.5 Å². The van der Waals surface area contributed by atoms with Gasteiger partial charge in [0.15, 0.2) is 6.61 Å². The van der Waals surface area contributed by atoms with Gasteiger partial charge in [-0.1, -0.05) is 36.4 Å². The lowest BCUT2D eigenvalue weighted by molar-refractivity contribution is -0.141. The number of aliphatic hydroxyl groups is 1. The van der Waals surface area contributed by atoms with Crippen molar-refractivity contribution in [2.24, 2.45) is 0 Å². The number of β-lactam (4-membered cyclic amide) rings is 1. The number of phenolic OH excluding ortho intramolecular Hbond substituents is 1. The molecule has 0 saturated carbocycles. The lowest BCUT2D eigenvalue weighted by Gasteiger charge is -2.47. The number of ether oxygens (including phenoxy) is 1. The lowest BCUT2D eigenvalue weighted by atomic mass is 9.92. The number of aromatic hydroxyl groups is 1. The smallest absolute Gasteiger partial charge is 0.326 e. The van der Waals surface area contributed by atoms with Gasteiger partial charge in [-0.25, -0.2) is 13.6 Å². The number of carboxylic acids is 1. The first-order chi connectivity index (χ1) is 24.0. The molecule has 5 rings (SSSR count). The molecule has 1 aliphatic rings. The van der Waals surface area contributed by atoms with Crippen LogP contribution in [-0.2, 0) is 25.6 Å². The van der Waals surface area contributed by atoms with Crippen molar-refractivity contribution in [2.45, 2.75) is 29.9 Å². The Labute approximate surface area is 289 Å². The number of hydrogen-bond acceptors (Lipinski definition) is 8. The first-order valence-corrected chi connectivity index (χ1v) is 16.5. The summed E-state index contributed by atoms with van der Waals surface area (Å²) in [4.78, 5) is 51.2. The van der Waals surface area contributed by atoms with Crippen LogP contribution in [-0.4, -0.2) is 69.2 Å². The van der Waals surface area contributed by atoms with E-state index in [1.807, 2.05) is 0 Å². The number of aliphatic hydroxyl groups excluding tert-OH is 1. The van der Waals surface area contributed by atoms with Gasteiger partial charge in [0.1, 0.15) is 34.4 Å². The highest BCUT2D eigenvalue weighted by Gasteiger charge is 2.49. The fraction of sp³-hybridized carbons (Fsp3) is 0.222. The van der Waals surface area contributed by atoms with Crippen molar-refractivity contribution >= 4 is 41.1 Å². The van der Waals surface area contributed by atoms with Gasteiger partial charge in [-0.3, -0.25) is 14.4 Å². The van der Waals surface area contributed by atoms with E-state index in [9.17, 15) is 43.3 Å². The molecule has 1 saturated heterocycles. The minimum absolute atomic E-state index is 0.0227. The highest BCUT2D eigenvalue weighted by molar-refractivity contribution is 8.00. The number of hydrogen-bond donors (Lipinski definition) is 5. The van der Waals surface area contributed by atoms with E-state index in [4.69, 9.17) is 4.74 Å². The van der Waals surface area contributed by atoms with Crippen molar-refractivity contribution in [1.29, 1.82) is 0 Å². The highest BCUT2D eigenvalue weighted by atomic mass is 32.2. The van der Waals surface area contributed by atoms with Crippen LogP contribution in [0.4, 0.5) is 14.5 Å². The van der Waals surface area contributed by atoms with E-state index in [2.05, 4.69) is 10.6 Å². The Hall–Kier alpha value is -5.47. The van der Waals surface area contributed by atoms with Crippen LogP contribution in [0.15, 0.2) is 97.1 Å². The predicted octanol–water partition coefficient (Wildman–Crippen LogP) is 3.90. The van der Waals surface area contributed by atoms with Crippen molar-refractivity contribution in [1.82, 2.24) is 10.6 Å². The van der Waals surface area contributed by atoms with Crippen molar-refractivity contribution in [3.63, 3.8) is 0 Å². The van der Waals surface area contributed by atoms with Crippen LogP contribution in [0.2, 0.25) is 0 Å². The van der Waals surface area contributed by atoms with Crippen LogP contribution >= 0.6 is 11.8 Å². The number of benzene rings is 4.